The Morgan fingerprint density at radius 1 is 1.69 bits per heavy atom. The van der Waals surface area contributed by atoms with Gasteiger partial charge in [-0.05, 0) is 17.5 Å². The minimum atomic E-state index is -0.173. The zero-order valence-corrected chi connectivity index (χ0v) is 9.74. The van der Waals surface area contributed by atoms with Crippen molar-refractivity contribution in [2.45, 2.75) is 23.4 Å². The standard InChI is InChI=1S/C8H13N5O2S/c1-9-3-4-13-8(10-11-12-13)16-6-2-5-15-7(6)14/h6,9H,2-5H2,1H3. The summed E-state index contributed by atoms with van der Waals surface area (Å²) < 4.78 is 6.57. The van der Waals surface area contributed by atoms with Crippen LogP contribution in [0.4, 0.5) is 0 Å². The maximum atomic E-state index is 11.3. The molecular weight excluding hydrogens is 230 g/mol. The van der Waals surface area contributed by atoms with Crippen LogP contribution in [0.5, 0.6) is 0 Å². The molecule has 16 heavy (non-hydrogen) atoms. The summed E-state index contributed by atoms with van der Waals surface area (Å²) in [6.45, 7) is 1.97. The summed E-state index contributed by atoms with van der Waals surface area (Å²) in [5.74, 6) is -0.173. The number of likely N-dealkylation sites (N-methyl/N-ethyl adjacent to an activating group) is 1. The second kappa shape index (κ2) is 5.26. The van der Waals surface area contributed by atoms with Crippen molar-refractivity contribution < 1.29 is 9.53 Å². The molecule has 0 spiro atoms. The lowest BCUT2D eigenvalue weighted by atomic mass is 10.4. The fourth-order valence-corrected chi connectivity index (χ4v) is 2.32. The van der Waals surface area contributed by atoms with Gasteiger partial charge in [-0.3, -0.25) is 4.79 Å². The molecule has 0 bridgehead atoms. The summed E-state index contributed by atoms with van der Waals surface area (Å²) in [4.78, 5) is 11.3. The van der Waals surface area contributed by atoms with Crippen molar-refractivity contribution in [2.24, 2.45) is 0 Å². The molecule has 0 aliphatic carbocycles. The van der Waals surface area contributed by atoms with Crippen molar-refractivity contribution >= 4 is 17.7 Å². The largest absolute Gasteiger partial charge is 0.465 e. The van der Waals surface area contributed by atoms with Gasteiger partial charge in [-0.25, -0.2) is 4.68 Å². The number of aromatic nitrogens is 4. The van der Waals surface area contributed by atoms with Crippen LogP contribution < -0.4 is 5.32 Å². The zero-order valence-electron chi connectivity index (χ0n) is 8.92. The Morgan fingerprint density at radius 3 is 3.25 bits per heavy atom. The number of carbonyl (C=O) groups excluding carboxylic acids is 1. The molecule has 0 aromatic carbocycles. The molecule has 1 unspecified atom stereocenters. The van der Waals surface area contributed by atoms with Crippen molar-refractivity contribution in [3.63, 3.8) is 0 Å². The Labute approximate surface area is 96.9 Å². The Bertz CT molecular complexity index is 369. The van der Waals surface area contributed by atoms with Gasteiger partial charge in [-0.15, -0.1) is 5.10 Å². The lowest BCUT2D eigenvalue weighted by Gasteiger charge is -2.05. The normalized spacial score (nSPS) is 20.1. The predicted octanol–water partition coefficient (Wildman–Crippen LogP) is -0.700. The average Bonchev–Trinajstić information content (AvgIpc) is 2.87. The lowest BCUT2D eigenvalue weighted by molar-refractivity contribution is -0.137. The van der Waals surface area contributed by atoms with Gasteiger partial charge in [0.25, 0.3) is 0 Å². The van der Waals surface area contributed by atoms with Crippen molar-refractivity contribution in [2.75, 3.05) is 20.2 Å². The SMILES string of the molecule is CNCCn1nnnc1SC1CCOC1=O. The molecule has 0 radical (unpaired) electrons. The van der Waals surface area contributed by atoms with E-state index in [1.807, 2.05) is 7.05 Å². The minimum absolute atomic E-state index is 0.167. The summed E-state index contributed by atoms with van der Waals surface area (Å²) in [6, 6.07) is 0. The second-order valence-electron chi connectivity index (χ2n) is 3.35. The van der Waals surface area contributed by atoms with Crippen LogP contribution in [0.25, 0.3) is 0 Å². The highest BCUT2D eigenvalue weighted by atomic mass is 32.2. The van der Waals surface area contributed by atoms with Crippen LogP contribution in [0.15, 0.2) is 5.16 Å². The van der Waals surface area contributed by atoms with Gasteiger partial charge in [-0.2, -0.15) is 0 Å². The first kappa shape index (κ1) is 11.3. The maximum absolute atomic E-state index is 11.3. The van der Waals surface area contributed by atoms with Gasteiger partial charge in [0, 0.05) is 13.0 Å². The quantitative estimate of drug-likeness (QED) is 0.685. The molecule has 1 aliphatic heterocycles. The van der Waals surface area contributed by atoms with E-state index >= 15 is 0 Å². The molecule has 1 saturated heterocycles. The minimum Gasteiger partial charge on any atom is -0.465 e. The third kappa shape index (κ3) is 2.50. The van der Waals surface area contributed by atoms with Gasteiger partial charge < -0.3 is 10.1 Å². The number of rotatable bonds is 5. The molecule has 8 heteroatoms. The number of nitrogens with zero attached hydrogens (tertiary/aromatic N) is 4. The van der Waals surface area contributed by atoms with Gasteiger partial charge in [0.05, 0.1) is 13.2 Å². The molecule has 7 nitrogen and oxygen atoms in total. The number of carbonyl (C=O) groups is 1. The van der Waals surface area contributed by atoms with Crippen LogP contribution in [-0.4, -0.2) is 51.6 Å². The predicted molar refractivity (Wildman–Crippen MR) is 57.0 cm³/mol. The third-order valence-corrected chi connectivity index (χ3v) is 3.42. The number of cyclic esters (lactones) is 1. The van der Waals surface area contributed by atoms with E-state index in [9.17, 15) is 4.79 Å². The number of hydrogen-bond donors (Lipinski definition) is 1. The monoisotopic (exact) mass is 243 g/mol. The number of tetrazole rings is 1. The highest BCUT2D eigenvalue weighted by Gasteiger charge is 2.29. The summed E-state index contributed by atoms with van der Waals surface area (Å²) in [5, 5.41) is 14.9. The van der Waals surface area contributed by atoms with Crippen molar-refractivity contribution in [1.82, 2.24) is 25.5 Å². The van der Waals surface area contributed by atoms with Gasteiger partial charge in [0.1, 0.15) is 5.25 Å². The molecule has 88 valence electrons. The molecule has 0 saturated carbocycles. The van der Waals surface area contributed by atoms with E-state index in [4.69, 9.17) is 4.74 Å². The number of thioether (sulfide) groups is 1. The molecule has 1 aliphatic rings. The van der Waals surface area contributed by atoms with Crippen molar-refractivity contribution in [1.29, 1.82) is 0 Å². The summed E-state index contributed by atoms with van der Waals surface area (Å²) in [5.41, 5.74) is 0. The molecular formula is C8H13N5O2S. The Balaban J connectivity index is 1.97. The van der Waals surface area contributed by atoms with Crippen LogP contribution in [0, 0.1) is 0 Å². The summed E-state index contributed by atoms with van der Waals surface area (Å²) >= 11 is 1.37. The average molecular weight is 243 g/mol. The van der Waals surface area contributed by atoms with Gasteiger partial charge >= 0.3 is 5.97 Å². The van der Waals surface area contributed by atoms with Crippen LogP contribution >= 0.6 is 11.8 Å². The highest BCUT2D eigenvalue weighted by molar-refractivity contribution is 8.00. The molecule has 2 heterocycles. The fourth-order valence-electron chi connectivity index (χ4n) is 1.35. The van der Waals surface area contributed by atoms with Crippen LogP contribution in [0.3, 0.4) is 0 Å². The molecule has 1 fully saturated rings. The van der Waals surface area contributed by atoms with Crippen LogP contribution in [0.2, 0.25) is 0 Å². The Morgan fingerprint density at radius 2 is 2.56 bits per heavy atom. The van der Waals surface area contributed by atoms with E-state index in [2.05, 4.69) is 20.8 Å². The van der Waals surface area contributed by atoms with E-state index in [1.165, 1.54) is 11.8 Å². The summed E-state index contributed by atoms with van der Waals surface area (Å²) in [6.07, 6.45) is 0.725. The van der Waals surface area contributed by atoms with Gasteiger partial charge in [0.15, 0.2) is 0 Å². The molecule has 1 aromatic heterocycles. The van der Waals surface area contributed by atoms with Crippen LogP contribution in [-0.2, 0) is 16.1 Å². The number of nitrogens with one attached hydrogen (secondary N) is 1. The van der Waals surface area contributed by atoms with E-state index < -0.39 is 0 Å². The molecule has 1 atom stereocenters. The number of esters is 1. The first-order valence-electron chi connectivity index (χ1n) is 5.05. The molecule has 2 rings (SSSR count). The summed E-state index contributed by atoms with van der Waals surface area (Å²) in [7, 11) is 1.87. The third-order valence-electron chi connectivity index (χ3n) is 2.21. The topological polar surface area (TPSA) is 81.9 Å². The molecule has 1 aromatic rings. The zero-order chi connectivity index (χ0) is 11.4. The van der Waals surface area contributed by atoms with Crippen molar-refractivity contribution in [3.8, 4) is 0 Å². The van der Waals surface area contributed by atoms with Crippen molar-refractivity contribution in [3.05, 3.63) is 0 Å². The van der Waals surface area contributed by atoms with E-state index in [0.29, 0.717) is 18.3 Å². The molecule has 1 N–H and O–H groups in total. The number of hydrogen-bond acceptors (Lipinski definition) is 7. The van der Waals surface area contributed by atoms with Gasteiger partial charge in [-0.1, -0.05) is 11.8 Å². The smallest absolute Gasteiger partial charge is 0.319 e. The maximum Gasteiger partial charge on any atom is 0.319 e. The van der Waals surface area contributed by atoms with Gasteiger partial charge in [0.2, 0.25) is 5.16 Å². The Kier molecular flexibility index (Phi) is 3.73. The Hall–Kier alpha value is -1.15. The highest BCUT2D eigenvalue weighted by Crippen LogP contribution is 2.27. The lowest BCUT2D eigenvalue weighted by Crippen LogP contribution is -2.17. The van der Waals surface area contributed by atoms with E-state index in [1.54, 1.807) is 4.68 Å². The number of ether oxygens (including phenoxy) is 1. The second-order valence-corrected chi connectivity index (χ2v) is 4.52. The first-order valence-corrected chi connectivity index (χ1v) is 5.93. The van der Waals surface area contributed by atoms with E-state index in [-0.39, 0.29) is 11.2 Å². The first-order chi connectivity index (χ1) is 7.81. The van der Waals surface area contributed by atoms with Crippen LogP contribution in [0.1, 0.15) is 6.42 Å². The van der Waals surface area contributed by atoms with E-state index in [0.717, 1.165) is 13.0 Å². The fraction of sp³-hybridized carbons (Fsp3) is 0.750. The molecule has 0 amide bonds.